The summed E-state index contributed by atoms with van der Waals surface area (Å²) in [5.41, 5.74) is -0.766. The number of hydrogen-bond acceptors (Lipinski definition) is 3. The number of guanidine groups is 1. The number of benzene rings is 1. The molecule has 1 aromatic heterocycles. The van der Waals surface area contributed by atoms with Crippen LogP contribution in [-0.2, 0) is 6.18 Å². The Bertz CT molecular complexity index is 807. The summed E-state index contributed by atoms with van der Waals surface area (Å²) in [7, 11) is 1.70. The van der Waals surface area contributed by atoms with Crippen molar-refractivity contribution in [3.63, 3.8) is 0 Å². The van der Waals surface area contributed by atoms with Gasteiger partial charge in [0, 0.05) is 32.5 Å². The Hall–Kier alpha value is -2.71. The number of aliphatic imine (C=N–C) groups is 1. The lowest BCUT2D eigenvalue weighted by atomic mass is 9.93. The lowest BCUT2D eigenvalue weighted by Crippen LogP contribution is -2.49. The van der Waals surface area contributed by atoms with Gasteiger partial charge in [0.25, 0.3) is 0 Å². The summed E-state index contributed by atoms with van der Waals surface area (Å²) in [5.74, 6) is 1.07. The minimum Gasteiger partial charge on any atom is -0.491 e. The van der Waals surface area contributed by atoms with Gasteiger partial charge in [0.05, 0.1) is 24.5 Å². The molecule has 0 bridgehead atoms. The maximum absolute atomic E-state index is 13.0. The van der Waals surface area contributed by atoms with Crippen LogP contribution in [0.15, 0.2) is 48.0 Å². The average molecular weight is 409 g/mol. The molecule has 2 aromatic rings. The first-order valence-electron chi connectivity index (χ1n) is 9.62. The molecule has 0 amide bonds. The number of nitrogens with one attached hydrogen (secondary N) is 1. The van der Waals surface area contributed by atoms with Crippen LogP contribution in [0.2, 0.25) is 0 Å². The van der Waals surface area contributed by atoms with Crippen LogP contribution in [0.25, 0.3) is 0 Å². The van der Waals surface area contributed by atoms with E-state index in [0.29, 0.717) is 18.5 Å². The molecule has 29 heavy (non-hydrogen) atoms. The Morgan fingerprint density at radius 1 is 1.34 bits per heavy atom. The zero-order chi connectivity index (χ0) is 20.9. The maximum Gasteiger partial charge on any atom is 0.419 e. The van der Waals surface area contributed by atoms with Crippen LogP contribution in [0.3, 0.4) is 0 Å². The lowest BCUT2D eigenvalue weighted by molar-refractivity contribution is -0.138. The molecular weight excluding hydrogens is 383 g/mol. The van der Waals surface area contributed by atoms with Crippen molar-refractivity contribution in [1.29, 1.82) is 0 Å². The van der Waals surface area contributed by atoms with E-state index in [9.17, 15) is 13.2 Å². The van der Waals surface area contributed by atoms with Crippen molar-refractivity contribution in [3.8, 4) is 5.75 Å². The quantitative estimate of drug-likeness (QED) is 0.467. The van der Waals surface area contributed by atoms with Crippen LogP contribution in [0, 0.1) is 5.92 Å². The van der Waals surface area contributed by atoms with E-state index in [-0.39, 0.29) is 12.4 Å². The second-order valence-corrected chi connectivity index (χ2v) is 7.11. The molecule has 158 valence electrons. The number of likely N-dealkylation sites (tertiary alicyclic amines) is 1. The van der Waals surface area contributed by atoms with Crippen molar-refractivity contribution in [3.05, 3.63) is 48.5 Å². The summed E-state index contributed by atoms with van der Waals surface area (Å²) < 4.78 is 46.6. The molecular formula is C20H26F3N5O. The number of ether oxygens (including phenoxy) is 1. The summed E-state index contributed by atoms with van der Waals surface area (Å²) >= 11 is 0. The second kappa shape index (κ2) is 9.19. The number of halogens is 3. The van der Waals surface area contributed by atoms with Crippen molar-refractivity contribution in [2.75, 3.05) is 33.3 Å². The van der Waals surface area contributed by atoms with E-state index < -0.39 is 11.7 Å². The smallest absolute Gasteiger partial charge is 0.419 e. The fraction of sp³-hybridized carbons (Fsp3) is 0.500. The standard InChI is InChI=1S/C20H26F3N5O/c1-15-7-10-27(13-17(15)28-11-8-25-14-28)19(24-2)26-9-12-29-18-6-4-3-5-16(18)20(21,22)23/h3-6,8,11,14-15,17H,7,9-10,12-13H2,1-2H3,(H,24,26). The number of imidazole rings is 1. The molecule has 0 spiro atoms. The van der Waals surface area contributed by atoms with Gasteiger partial charge >= 0.3 is 6.18 Å². The first-order valence-corrected chi connectivity index (χ1v) is 9.62. The molecule has 6 nitrogen and oxygen atoms in total. The number of para-hydroxylation sites is 1. The molecule has 1 aliphatic heterocycles. The van der Waals surface area contributed by atoms with E-state index >= 15 is 0 Å². The predicted molar refractivity (Wildman–Crippen MR) is 105 cm³/mol. The molecule has 2 atom stereocenters. The van der Waals surface area contributed by atoms with Crippen LogP contribution in [0.5, 0.6) is 5.75 Å². The van der Waals surface area contributed by atoms with Gasteiger partial charge in [-0.3, -0.25) is 4.99 Å². The average Bonchev–Trinajstić information content (AvgIpc) is 3.23. The third-order valence-electron chi connectivity index (χ3n) is 5.17. The number of nitrogens with zero attached hydrogens (tertiary/aromatic N) is 4. The predicted octanol–water partition coefficient (Wildman–Crippen LogP) is 3.44. The van der Waals surface area contributed by atoms with Gasteiger partial charge in [-0.05, 0) is 24.5 Å². The van der Waals surface area contributed by atoms with Gasteiger partial charge < -0.3 is 19.5 Å². The molecule has 1 saturated heterocycles. The van der Waals surface area contributed by atoms with Crippen molar-refractivity contribution >= 4 is 5.96 Å². The monoisotopic (exact) mass is 409 g/mol. The largest absolute Gasteiger partial charge is 0.491 e. The van der Waals surface area contributed by atoms with Crippen LogP contribution in [0.4, 0.5) is 13.2 Å². The topological polar surface area (TPSA) is 54.7 Å². The molecule has 0 saturated carbocycles. The van der Waals surface area contributed by atoms with Gasteiger partial charge in [0.2, 0.25) is 0 Å². The third-order valence-corrected chi connectivity index (χ3v) is 5.17. The third kappa shape index (κ3) is 5.21. The van der Waals surface area contributed by atoms with Crippen LogP contribution in [-0.4, -0.2) is 53.7 Å². The van der Waals surface area contributed by atoms with Gasteiger partial charge in [-0.25, -0.2) is 4.98 Å². The maximum atomic E-state index is 13.0. The normalized spacial score (nSPS) is 20.6. The highest BCUT2D eigenvalue weighted by Gasteiger charge is 2.34. The zero-order valence-electron chi connectivity index (χ0n) is 16.6. The van der Waals surface area contributed by atoms with Crippen LogP contribution in [0.1, 0.15) is 24.9 Å². The molecule has 9 heteroatoms. The summed E-state index contributed by atoms with van der Waals surface area (Å²) in [4.78, 5) is 10.6. The van der Waals surface area contributed by atoms with E-state index in [2.05, 4.69) is 31.7 Å². The summed E-state index contributed by atoms with van der Waals surface area (Å²) in [6.07, 6.45) is 2.14. The first-order chi connectivity index (χ1) is 13.9. The first kappa shape index (κ1) is 21.0. The Balaban J connectivity index is 1.54. The minimum absolute atomic E-state index is 0.0985. The van der Waals surface area contributed by atoms with Gasteiger partial charge in [-0.1, -0.05) is 19.1 Å². The molecule has 1 fully saturated rings. The van der Waals surface area contributed by atoms with E-state index in [1.54, 1.807) is 13.2 Å². The second-order valence-electron chi connectivity index (χ2n) is 7.11. The fourth-order valence-corrected chi connectivity index (χ4v) is 3.58. The number of hydrogen-bond donors (Lipinski definition) is 1. The number of rotatable bonds is 5. The highest BCUT2D eigenvalue weighted by Crippen LogP contribution is 2.35. The van der Waals surface area contributed by atoms with Crippen LogP contribution < -0.4 is 10.1 Å². The van der Waals surface area contributed by atoms with Crippen molar-refractivity contribution in [2.24, 2.45) is 10.9 Å². The molecule has 0 radical (unpaired) electrons. The molecule has 3 rings (SSSR count). The minimum atomic E-state index is -4.44. The number of piperidine rings is 1. The van der Waals surface area contributed by atoms with Crippen molar-refractivity contribution in [2.45, 2.75) is 25.6 Å². The molecule has 1 N–H and O–H groups in total. The highest BCUT2D eigenvalue weighted by atomic mass is 19.4. The zero-order valence-corrected chi connectivity index (χ0v) is 16.6. The van der Waals surface area contributed by atoms with Crippen molar-refractivity contribution in [1.82, 2.24) is 19.8 Å². The summed E-state index contributed by atoms with van der Waals surface area (Å²) in [5, 5.41) is 3.19. The molecule has 2 unspecified atom stereocenters. The van der Waals surface area contributed by atoms with E-state index in [4.69, 9.17) is 4.74 Å². The highest BCUT2D eigenvalue weighted by molar-refractivity contribution is 5.80. The van der Waals surface area contributed by atoms with Gasteiger partial charge in [-0.15, -0.1) is 0 Å². The van der Waals surface area contributed by atoms with Crippen LogP contribution >= 0.6 is 0 Å². The van der Waals surface area contributed by atoms with Gasteiger partial charge in [0.1, 0.15) is 12.4 Å². The van der Waals surface area contributed by atoms with Crippen molar-refractivity contribution < 1.29 is 17.9 Å². The Kier molecular flexibility index (Phi) is 6.66. The summed E-state index contributed by atoms with van der Waals surface area (Å²) in [6, 6.07) is 5.53. The Morgan fingerprint density at radius 2 is 2.14 bits per heavy atom. The van der Waals surface area contributed by atoms with E-state index in [1.807, 2.05) is 12.5 Å². The lowest BCUT2D eigenvalue weighted by Gasteiger charge is -2.39. The van der Waals surface area contributed by atoms with Gasteiger partial charge in [-0.2, -0.15) is 13.2 Å². The molecule has 2 heterocycles. The van der Waals surface area contributed by atoms with E-state index in [1.165, 1.54) is 18.2 Å². The Labute approximate surface area is 168 Å². The molecule has 1 aromatic carbocycles. The Morgan fingerprint density at radius 3 is 2.83 bits per heavy atom. The molecule has 1 aliphatic rings. The summed E-state index contributed by atoms with van der Waals surface area (Å²) in [6.45, 7) is 4.32. The number of aromatic nitrogens is 2. The SMILES string of the molecule is CN=C(NCCOc1ccccc1C(F)(F)F)N1CCC(C)C(n2ccnc2)C1. The van der Waals surface area contributed by atoms with Gasteiger partial charge in [0.15, 0.2) is 5.96 Å². The molecule has 0 aliphatic carbocycles. The fourth-order valence-electron chi connectivity index (χ4n) is 3.58. The van der Waals surface area contributed by atoms with E-state index in [0.717, 1.165) is 31.5 Å². The number of alkyl halides is 3.